The lowest BCUT2D eigenvalue weighted by atomic mass is 10.2. The predicted octanol–water partition coefficient (Wildman–Crippen LogP) is 1.30. The summed E-state index contributed by atoms with van der Waals surface area (Å²) in [4.78, 5) is 39.9. The number of para-hydroxylation sites is 1. The van der Waals surface area contributed by atoms with Crippen LogP contribution in [-0.2, 0) is 9.59 Å². The van der Waals surface area contributed by atoms with Gasteiger partial charge >= 0.3 is 6.03 Å². The van der Waals surface area contributed by atoms with Crippen molar-refractivity contribution in [3.05, 3.63) is 30.3 Å². The lowest BCUT2D eigenvalue weighted by Gasteiger charge is -2.19. The van der Waals surface area contributed by atoms with Crippen LogP contribution in [0.3, 0.4) is 0 Å². The second kappa shape index (κ2) is 9.05. The number of anilines is 1. The highest BCUT2D eigenvalue weighted by Gasteiger charge is 2.32. The van der Waals surface area contributed by atoms with E-state index in [1.54, 1.807) is 7.05 Å². The van der Waals surface area contributed by atoms with Crippen molar-refractivity contribution < 1.29 is 14.4 Å². The second-order valence-corrected chi connectivity index (χ2v) is 6.25. The van der Waals surface area contributed by atoms with Crippen LogP contribution in [0.25, 0.3) is 0 Å². The van der Waals surface area contributed by atoms with Crippen molar-refractivity contribution in [2.24, 2.45) is 0 Å². The van der Waals surface area contributed by atoms with E-state index >= 15 is 0 Å². The fourth-order valence-electron chi connectivity index (χ4n) is 2.73. The summed E-state index contributed by atoms with van der Waals surface area (Å²) in [5, 5.41) is 2.88. The van der Waals surface area contributed by atoms with Crippen LogP contribution in [0, 0.1) is 0 Å². The highest BCUT2D eigenvalue weighted by atomic mass is 16.2. The Morgan fingerprint density at radius 3 is 2.56 bits per heavy atom. The molecule has 0 aromatic heterocycles. The van der Waals surface area contributed by atoms with E-state index in [0.717, 1.165) is 18.7 Å². The summed E-state index contributed by atoms with van der Waals surface area (Å²) >= 11 is 0. The molecule has 1 aliphatic heterocycles. The van der Waals surface area contributed by atoms with Gasteiger partial charge in [0.2, 0.25) is 11.8 Å². The van der Waals surface area contributed by atoms with Gasteiger partial charge in [-0.1, -0.05) is 18.2 Å². The van der Waals surface area contributed by atoms with Crippen LogP contribution in [0.1, 0.15) is 19.3 Å². The van der Waals surface area contributed by atoms with E-state index in [0.29, 0.717) is 25.9 Å². The normalized spacial score (nSPS) is 14.2. The Hall–Kier alpha value is -2.57. The number of hydrogen-bond donors (Lipinski definition) is 1. The highest BCUT2D eigenvalue weighted by Crippen LogP contribution is 2.11. The molecule has 7 nitrogen and oxygen atoms in total. The lowest BCUT2D eigenvalue weighted by molar-refractivity contribution is -0.126. The Morgan fingerprint density at radius 2 is 1.92 bits per heavy atom. The third kappa shape index (κ3) is 5.48. The van der Waals surface area contributed by atoms with Gasteiger partial charge < -0.3 is 15.1 Å². The van der Waals surface area contributed by atoms with Gasteiger partial charge in [0.15, 0.2) is 0 Å². The standard InChI is InChI=1S/C18H26N4O3/c1-20(15-8-4-3-5-9-15)12-7-11-19-16(23)10-6-13-22-17(24)14-21(2)18(22)25/h3-5,8-9H,6-7,10-14H2,1-2H3,(H,19,23). The fourth-order valence-corrected chi connectivity index (χ4v) is 2.73. The number of rotatable bonds is 9. The molecule has 25 heavy (non-hydrogen) atoms. The number of nitrogens with one attached hydrogen (secondary N) is 1. The molecule has 7 heteroatoms. The minimum atomic E-state index is -0.283. The topological polar surface area (TPSA) is 73.0 Å². The molecule has 1 aromatic carbocycles. The van der Waals surface area contributed by atoms with Gasteiger partial charge in [0.1, 0.15) is 6.54 Å². The van der Waals surface area contributed by atoms with E-state index in [2.05, 4.69) is 22.3 Å². The van der Waals surface area contributed by atoms with Gasteiger partial charge in [-0.15, -0.1) is 0 Å². The summed E-state index contributed by atoms with van der Waals surface area (Å²) in [7, 11) is 3.62. The van der Waals surface area contributed by atoms with Gasteiger partial charge in [-0.3, -0.25) is 14.5 Å². The molecule has 1 N–H and O–H groups in total. The summed E-state index contributed by atoms with van der Waals surface area (Å²) in [5.74, 6) is -0.244. The van der Waals surface area contributed by atoms with Gasteiger partial charge in [0.05, 0.1) is 0 Å². The Kier molecular flexibility index (Phi) is 6.80. The number of nitrogens with zero attached hydrogens (tertiary/aromatic N) is 3. The molecule has 2 rings (SSSR count). The molecule has 1 heterocycles. The molecule has 0 unspecified atom stereocenters. The molecule has 1 saturated heterocycles. The molecule has 0 saturated carbocycles. The number of hydrogen-bond acceptors (Lipinski definition) is 4. The Labute approximate surface area is 148 Å². The van der Waals surface area contributed by atoms with Crippen LogP contribution in [0.2, 0.25) is 0 Å². The smallest absolute Gasteiger partial charge is 0.326 e. The zero-order valence-corrected chi connectivity index (χ0v) is 14.9. The van der Waals surface area contributed by atoms with Crippen molar-refractivity contribution in [1.82, 2.24) is 15.1 Å². The Morgan fingerprint density at radius 1 is 1.20 bits per heavy atom. The van der Waals surface area contributed by atoms with Crippen LogP contribution < -0.4 is 10.2 Å². The van der Waals surface area contributed by atoms with Crippen LogP contribution in [0.15, 0.2) is 30.3 Å². The molecule has 0 atom stereocenters. The molecule has 4 amide bonds. The van der Waals surface area contributed by atoms with Crippen molar-refractivity contribution in [1.29, 1.82) is 0 Å². The number of amides is 4. The molecule has 1 aromatic rings. The van der Waals surface area contributed by atoms with E-state index in [1.165, 1.54) is 9.80 Å². The van der Waals surface area contributed by atoms with Gasteiger partial charge in [-0.2, -0.15) is 0 Å². The predicted molar refractivity (Wildman–Crippen MR) is 96.3 cm³/mol. The molecule has 1 aliphatic rings. The number of carbonyl (C=O) groups is 3. The zero-order chi connectivity index (χ0) is 18.2. The molecule has 0 radical (unpaired) electrons. The van der Waals surface area contributed by atoms with E-state index in [4.69, 9.17) is 0 Å². The molecule has 136 valence electrons. The highest BCUT2D eigenvalue weighted by molar-refractivity contribution is 6.01. The van der Waals surface area contributed by atoms with Gasteiger partial charge in [-0.05, 0) is 25.0 Å². The first-order chi connectivity index (χ1) is 12.0. The van der Waals surface area contributed by atoms with E-state index in [-0.39, 0.29) is 24.4 Å². The summed E-state index contributed by atoms with van der Waals surface area (Å²) < 4.78 is 0. The number of urea groups is 1. The number of likely N-dealkylation sites (N-methyl/N-ethyl adjacent to an activating group) is 1. The SMILES string of the molecule is CN1CC(=O)N(CCCC(=O)NCCCN(C)c2ccccc2)C1=O. The van der Waals surface area contributed by atoms with E-state index in [1.807, 2.05) is 25.2 Å². The fraction of sp³-hybridized carbons (Fsp3) is 0.500. The van der Waals surface area contributed by atoms with Crippen LogP contribution >= 0.6 is 0 Å². The van der Waals surface area contributed by atoms with Crippen molar-refractivity contribution in [2.75, 3.05) is 45.2 Å². The first-order valence-electron chi connectivity index (χ1n) is 8.57. The third-order valence-electron chi connectivity index (χ3n) is 4.21. The summed E-state index contributed by atoms with van der Waals surface area (Å²) in [5.41, 5.74) is 1.15. The maximum absolute atomic E-state index is 11.8. The average Bonchev–Trinajstić information content (AvgIpc) is 2.85. The van der Waals surface area contributed by atoms with Crippen LogP contribution in [-0.4, -0.2) is 67.9 Å². The van der Waals surface area contributed by atoms with Gasteiger partial charge in [-0.25, -0.2) is 4.79 Å². The molecule has 0 aliphatic carbocycles. The molecule has 0 spiro atoms. The average molecular weight is 346 g/mol. The lowest BCUT2D eigenvalue weighted by Crippen LogP contribution is -2.33. The summed E-state index contributed by atoms with van der Waals surface area (Å²) in [6.45, 7) is 1.89. The van der Waals surface area contributed by atoms with Crippen molar-refractivity contribution in [3.8, 4) is 0 Å². The summed E-state index contributed by atoms with van der Waals surface area (Å²) in [6, 6.07) is 9.81. The largest absolute Gasteiger partial charge is 0.375 e. The van der Waals surface area contributed by atoms with Crippen LogP contribution in [0.4, 0.5) is 10.5 Å². The number of benzene rings is 1. The molecular weight excluding hydrogens is 320 g/mol. The zero-order valence-electron chi connectivity index (χ0n) is 14.9. The molecular formula is C18H26N4O3. The first kappa shape index (κ1) is 18.8. The van der Waals surface area contributed by atoms with Crippen molar-refractivity contribution in [2.45, 2.75) is 19.3 Å². The molecule has 1 fully saturated rings. The number of carbonyl (C=O) groups excluding carboxylic acids is 3. The monoisotopic (exact) mass is 346 g/mol. The van der Waals surface area contributed by atoms with E-state index in [9.17, 15) is 14.4 Å². The van der Waals surface area contributed by atoms with Gasteiger partial charge in [0.25, 0.3) is 0 Å². The number of imide groups is 1. The Bertz CT molecular complexity index is 606. The maximum atomic E-state index is 11.8. The van der Waals surface area contributed by atoms with Crippen LogP contribution in [0.5, 0.6) is 0 Å². The van der Waals surface area contributed by atoms with Gasteiger partial charge in [0, 0.05) is 45.8 Å². The first-order valence-corrected chi connectivity index (χ1v) is 8.57. The minimum Gasteiger partial charge on any atom is -0.375 e. The minimum absolute atomic E-state index is 0.0465. The third-order valence-corrected chi connectivity index (χ3v) is 4.21. The second-order valence-electron chi connectivity index (χ2n) is 6.25. The molecule has 0 bridgehead atoms. The van der Waals surface area contributed by atoms with Crippen molar-refractivity contribution >= 4 is 23.5 Å². The summed E-state index contributed by atoms with van der Waals surface area (Å²) in [6.07, 6.45) is 1.65. The quantitative estimate of drug-likeness (QED) is 0.540. The van der Waals surface area contributed by atoms with E-state index < -0.39 is 0 Å². The maximum Gasteiger partial charge on any atom is 0.326 e. The Balaban J connectivity index is 1.57. The van der Waals surface area contributed by atoms with Crippen molar-refractivity contribution in [3.63, 3.8) is 0 Å².